The van der Waals surface area contributed by atoms with Gasteiger partial charge in [-0.05, 0) is 90.8 Å². The molecule has 0 bridgehead atoms. The average Bonchev–Trinajstić information content (AvgIpc) is 3.41. The zero-order valence-corrected chi connectivity index (χ0v) is 25.4. The monoisotopic (exact) mass is 569 g/mol. The summed E-state index contributed by atoms with van der Waals surface area (Å²) in [6.07, 6.45) is 0. The van der Waals surface area contributed by atoms with E-state index in [1.165, 1.54) is 50.0 Å². The van der Waals surface area contributed by atoms with Crippen LogP contribution in [0.3, 0.4) is 0 Å². The van der Waals surface area contributed by atoms with Crippen LogP contribution in [0, 0.1) is 0 Å². The lowest BCUT2D eigenvalue weighted by atomic mass is 9.73. The Morgan fingerprint density at radius 2 is 1.02 bits per heavy atom. The molecule has 0 amide bonds. The predicted octanol–water partition coefficient (Wildman–Crippen LogP) is 11.1. The largest absolute Gasteiger partial charge is 0.341 e. The molecule has 0 atom stereocenters. The summed E-state index contributed by atoms with van der Waals surface area (Å²) in [6, 6.07) is 52.9. The Kier molecular flexibility index (Phi) is 6.09. The molecular weight excluding hydrogens is 534 g/mol. The molecule has 0 aliphatic carbocycles. The Morgan fingerprint density at radius 1 is 0.523 bits per heavy atom. The first-order valence-electron chi connectivity index (χ1n) is 15.5. The van der Waals surface area contributed by atoms with Crippen molar-refractivity contribution in [2.45, 2.75) is 26.2 Å². The van der Waals surface area contributed by atoms with Gasteiger partial charge in [0.05, 0.1) is 11.0 Å². The van der Waals surface area contributed by atoms with E-state index < -0.39 is 0 Å². The van der Waals surface area contributed by atoms with E-state index in [9.17, 15) is 0 Å². The highest BCUT2D eigenvalue weighted by Crippen LogP contribution is 2.51. The van der Waals surface area contributed by atoms with Gasteiger partial charge in [0.1, 0.15) is 0 Å². The normalized spacial score (nSPS) is 13.6. The molecule has 8 rings (SSSR count). The third-order valence-electron chi connectivity index (χ3n) is 9.33. The van der Waals surface area contributed by atoms with Crippen LogP contribution in [0.4, 0.5) is 28.4 Å². The third-order valence-corrected chi connectivity index (χ3v) is 9.33. The molecule has 6 aromatic carbocycles. The van der Waals surface area contributed by atoms with E-state index in [1.807, 2.05) is 0 Å². The highest BCUT2D eigenvalue weighted by molar-refractivity contribution is 6.09. The van der Waals surface area contributed by atoms with Crippen molar-refractivity contribution in [3.05, 3.63) is 157 Å². The lowest BCUT2D eigenvalue weighted by molar-refractivity contribution is 0.625. The number of para-hydroxylation sites is 4. The van der Waals surface area contributed by atoms with E-state index in [4.69, 9.17) is 0 Å². The number of rotatable bonds is 5. The number of aromatic nitrogens is 1. The second kappa shape index (κ2) is 10.2. The fourth-order valence-corrected chi connectivity index (χ4v) is 7.22. The van der Waals surface area contributed by atoms with Gasteiger partial charge in [0.15, 0.2) is 0 Å². The standard InChI is InChI=1S/C41H35N3/c1-4-42-39-25-23-31(43(29-15-7-5-8-16-29)30-17-9-6-10-18-30)27-35(39)41(2,3)36-28-32(24-26-40(36)42)44-37-21-13-11-19-33(37)34-20-12-14-22-38(34)44/h5-28H,4H2,1-3H3. The summed E-state index contributed by atoms with van der Waals surface area (Å²) in [5, 5.41) is 2.57. The molecule has 214 valence electrons. The summed E-state index contributed by atoms with van der Waals surface area (Å²) >= 11 is 0. The fourth-order valence-electron chi connectivity index (χ4n) is 7.22. The molecule has 0 saturated carbocycles. The second-order valence-electron chi connectivity index (χ2n) is 12.1. The second-order valence-corrected chi connectivity index (χ2v) is 12.1. The van der Waals surface area contributed by atoms with Crippen molar-refractivity contribution < 1.29 is 0 Å². The van der Waals surface area contributed by atoms with Crippen LogP contribution in [0.25, 0.3) is 27.5 Å². The highest BCUT2D eigenvalue weighted by Gasteiger charge is 2.37. The van der Waals surface area contributed by atoms with Crippen molar-refractivity contribution in [1.82, 2.24) is 4.57 Å². The van der Waals surface area contributed by atoms with Gasteiger partial charge >= 0.3 is 0 Å². The number of nitrogens with zero attached hydrogens (tertiary/aromatic N) is 3. The van der Waals surface area contributed by atoms with Crippen LogP contribution in [0.1, 0.15) is 31.9 Å². The van der Waals surface area contributed by atoms with E-state index in [-0.39, 0.29) is 5.41 Å². The fraction of sp³-hybridized carbons (Fsp3) is 0.122. The molecule has 1 aliphatic heterocycles. The van der Waals surface area contributed by atoms with E-state index in [1.54, 1.807) is 0 Å². The maximum absolute atomic E-state index is 2.48. The van der Waals surface area contributed by atoms with Crippen LogP contribution < -0.4 is 9.80 Å². The van der Waals surface area contributed by atoms with E-state index >= 15 is 0 Å². The number of fused-ring (bicyclic) bond motifs is 5. The predicted molar refractivity (Wildman–Crippen MR) is 187 cm³/mol. The number of hydrogen-bond acceptors (Lipinski definition) is 2. The molecule has 0 unspecified atom stereocenters. The maximum Gasteiger partial charge on any atom is 0.0541 e. The Morgan fingerprint density at radius 3 is 1.59 bits per heavy atom. The molecule has 0 N–H and O–H groups in total. The Hall–Kier alpha value is -5.28. The zero-order valence-electron chi connectivity index (χ0n) is 25.4. The summed E-state index contributed by atoms with van der Waals surface area (Å²) in [6.45, 7) is 7.91. The van der Waals surface area contributed by atoms with Crippen LogP contribution >= 0.6 is 0 Å². The number of hydrogen-bond donors (Lipinski definition) is 0. The molecule has 0 saturated heterocycles. The van der Waals surface area contributed by atoms with Gasteiger partial charge in [-0.25, -0.2) is 0 Å². The molecule has 0 radical (unpaired) electrons. The van der Waals surface area contributed by atoms with Crippen LogP contribution in [-0.2, 0) is 5.41 Å². The SMILES string of the molecule is CCN1c2ccc(N(c3ccccc3)c3ccccc3)cc2C(C)(C)c2cc(-n3c4ccccc4c4ccccc43)ccc21. The van der Waals surface area contributed by atoms with Gasteiger partial charge in [-0.1, -0.05) is 86.6 Å². The van der Waals surface area contributed by atoms with Crippen molar-refractivity contribution in [2.75, 3.05) is 16.3 Å². The first-order chi connectivity index (χ1) is 21.6. The minimum atomic E-state index is -0.222. The maximum atomic E-state index is 2.48. The van der Waals surface area contributed by atoms with E-state index in [2.05, 4.69) is 181 Å². The van der Waals surface area contributed by atoms with Crippen molar-refractivity contribution in [2.24, 2.45) is 0 Å². The molecule has 2 heterocycles. The van der Waals surface area contributed by atoms with Crippen LogP contribution in [0.2, 0.25) is 0 Å². The highest BCUT2D eigenvalue weighted by atomic mass is 15.2. The summed E-state index contributed by atoms with van der Waals surface area (Å²) in [5.41, 5.74) is 12.1. The summed E-state index contributed by atoms with van der Waals surface area (Å²) in [7, 11) is 0. The quantitative estimate of drug-likeness (QED) is 0.204. The van der Waals surface area contributed by atoms with Crippen molar-refractivity contribution in [1.29, 1.82) is 0 Å². The van der Waals surface area contributed by atoms with Gasteiger partial charge < -0.3 is 14.4 Å². The minimum Gasteiger partial charge on any atom is -0.341 e. The van der Waals surface area contributed by atoms with Gasteiger partial charge in [-0.2, -0.15) is 0 Å². The van der Waals surface area contributed by atoms with Crippen LogP contribution in [-0.4, -0.2) is 11.1 Å². The molecule has 44 heavy (non-hydrogen) atoms. The molecule has 1 aliphatic rings. The van der Waals surface area contributed by atoms with Crippen molar-refractivity contribution in [3.8, 4) is 5.69 Å². The summed E-state index contributed by atoms with van der Waals surface area (Å²) in [5.74, 6) is 0. The third kappa shape index (κ3) is 3.96. The van der Waals surface area contributed by atoms with E-state index in [0.717, 1.165) is 23.6 Å². The Labute approximate surface area is 259 Å². The van der Waals surface area contributed by atoms with E-state index in [0.29, 0.717) is 0 Å². The number of anilines is 5. The molecule has 7 aromatic rings. The summed E-state index contributed by atoms with van der Waals surface area (Å²) in [4.78, 5) is 4.83. The Bertz CT molecular complexity index is 2050. The lowest BCUT2D eigenvalue weighted by Gasteiger charge is -2.42. The van der Waals surface area contributed by atoms with Gasteiger partial charge in [0.25, 0.3) is 0 Å². The van der Waals surface area contributed by atoms with Gasteiger partial charge in [-0.15, -0.1) is 0 Å². The summed E-state index contributed by atoms with van der Waals surface area (Å²) < 4.78 is 2.43. The lowest BCUT2D eigenvalue weighted by Crippen LogP contribution is -2.33. The molecule has 0 spiro atoms. The van der Waals surface area contributed by atoms with Gasteiger partial charge in [0, 0.05) is 56.9 Å². The Balaban J connectivity index is 1.32. The molecule has 3 heteroatoms. The van der Waals surface area contributed by atoms with Crippen molar-refractivity contribution >= 4 is 50.2 Å². The first kappa shape index (κ1) is 26.4. The average molecular weight is 570 g/mol. The zero-order chi connectivity index (χ0) is 29.8. The molecular formula is C41H35N3. The molecule has 1 aromatic heterocycles. The van der Waals surface area contributed by atoms with Crippen LogP contribution in [0.5, 0.6) is 0 Å². The first-order valence-corrected chi connectivity index (χ1v) is 15.5. The molecule has 3 nitrogen and oxygen atoms in total. The molecule has 0 fully saturated rings. The van der Waals surface area contributed by atoms with Gasteiger partial charge in [-0.3, -0.25) is 0 Å². The van der Waals surface area contributed by atoms with Crippen LogP contribution in [0.15, 0.2) is 146 Å². The number of benzene rings is 6. The van der Waals surface area contributed by atoms with Gasteiger partial charge in [0.2, 0.25) is 0 Å². The minimum absolute atomic E-state index is 0.222. The smallest absolute Gasteiger partial charge is 0.0541 e. The topological polar surface area (TPSA) is 11.4 Å². The van der Waals surface area contributed by atoms with Crippen molar-refractivity contribution in [3.63, 3.8) is 0 Å².